The number of aliphatic hydroxyl groups excluding tert-OH is 1. The molecule has 4 nitrogen and oxygen atoms in total. The lowest BCUT2D eigenvalue weighted by molar-refractivity contribution is -0.384. The van der Waals surface area contributed by atoms with Crippen LogP contribution in [0.2, 0.25) is 0 Å². The van der Waals surface area contributed by atoms with E-state index in [9.17, 15) is 10.1 Å². The summed E-state index contributed by atoms with van der Waals surface area (Å²) in [6.07, 6.45) is 0. The molecule has 0 unspecified atom stereocenters. The Morgan fingerprint density at radius 2 is 1.95 bits per heavy atom. The van der Waals surface area contributed by atoms with Gasteiger partial charge in [-0.25, -0.2) is 0 Å². The number of benzene rings is 2. The van der Waals surface area contributed by atoms with Crippen molar-refractivity contribution in [3.8, 4) is 23.0 Å². The van der Waals surface area contributed by atoms with Crippen molar-refractivity contribution in [2.24, 2.45) is 0 Å². The first-order valence-electron chi connectivity index (χ1n) is 5.66. The van der Waals surface area contributed by atoms with E-state index in [-0.39, 0.29) is 12.3 Å². The van der Waals surface area contributed by atoms with Crippen LogP contribution in [-0.2, 0) is 0 Å². The summed E-state index contributed by atoms with van der Waals surface area (Å²) in [4.78, 5) is 10.4. The molecule has 2 aromatic rings. The van der Waals surface area contributed by atoms with E-state index in [1.807, 2.05) is 24.3 Å². The van der Waals surface area contributed by atoms with Gasteiger partial charge in [0.2, 0.25) is 0 Å². The normalized spacial score (nSPS) is 9.53. The van der Waals surface area contributed by atoms with Gasteiger partial charge in [-0.3, -0.25) is 10.1 Å². The average Bonchev–Trinajstić information content (AvgIpc) is 2.45. The summed E-state index contributed by atoms with van der Waals surface area (Å²) in [7, 11) is 0. The highest BCUT2D eigenvalue weighted by Crippen LogP contribution is 2.26. The number of hydrogen-bond donors (Lipinski definition) is 1. The van der Waals surface area contributed by atoms with Gasteiger partial charge < -0.3 is 5.11 Å². The van der Waals surface area contributed by atoms with Crippen LogP contribution in [0.1, 0.15) is 5.56 Å². The molecule has 4 heteroatoms. The Bertz CT molecular complexity index is 668. The fourth-order valence-electron chi connectivity index (χ4n) is 1.77. The molecule has 0 fully saturated rings. The summed E-state index contributed by atoms with van der Waals surface area (Å²) in [6.45, 7) is -0.219. The smallest absolute Gasteiger partial charge is 0.270 e. The molecule has 0 spiro atoms. The van der Waals surface area contributed by atoms with E-state index in [1.54, 1.807) is 12.1 Å². The van der Waals surface area contributed by atoms with E-state index < -0.39 is 4.92 Å². The zero-order chi connectivity index (χ0) is 13.7. The molecule has 1 N–H and O–H groups in total. The third kappa shape index (κ3) is 2.97. The molecule has 0 saturated heterocycles. The van der Waals surface area contributed by atoms with Crippen molar-refractivity contribution in [2.75, 3.05) is 6.61 Å². The number of rotatable bonds is 2. The van der Waals surface area contributed by atoms with E-state index in [1.165, 1.54) is 12.1 Å². The molecule has 0 aliphatic rings. The van der Waals surface area contributed by atoms with E-state index in [0.29, 0.717) is 0 Å². The van der Waals surface area contributed by atoms with E-state index >= 15 is 0 Å². The Balaban J connectivity index is 2.52. The number of nitro groups is 1. The van der Waals surface area contributed by atoms with Crippen molar-refractivity contribution < 1.29 is 10.0 Å². The van der Waals surface area contributed by atoms with Crippen molar-refractivity contribution in [3.05, 3.63) is 64.2 Å². The van der Waals surface area contributed by atoms with E-state index in [4.69, 9.17) is 5.11 Å². The maximum Gasteiger partial charge on any atom is 0.270 e. The van der Waals surface area contributed by atoms with Crippen LogP contribution < -0.4 is 0 Å². The second-order valence-electron chi connectivity index (χ2n) is 3.81. The number of nitrogens with zero attached hydrogens (tertiary/aromatic N) is 1. The first kappa shape index (κ1) is 12.8. The SMILES string of the molecule is O=[N+]([O-])c1cccc(-c2ccccc2C#CCO)c1. The second kappa shape index (κ2) is 5.80. The average molecular weight is 253 g/mol. The van der Waals surface area contributed by atoms with Gasteiger partial charge >= 0.3 is 0 Å². The summed E-state index contributed by atoms with van der Waals surface area (Å²) in [5.74, 6) is 5.42. The number of hydrogen-bond acceptors (Lipinski definition) is 3. The summed E-state index contributed by atoms with van der Waals surface area (Å²) in [6, 6.07) is 13.7. The Morgan fingerprint density at radius 3 is 2.68 bits per heavy atom. The Hall–Kier alpha value is -2.64. The molecule has 0 radical (unpaired) electrons. The van der Waals surface area contributed by atoms with Gasteiger partial charge in [-0.2, -0.15) is 0 Å². The van der Waals surface area contributed by atoms with Gasteiger partial charge in [0, 0.05) is 17.7 Å². The summed E-state index contributed by atoms with van der Waals surface area (Å²) < 4.78 is 0. The minimum absolute atomic E-state index is 0.0439. The second-order valence-corrected chi connectivity index (χ2v) is 3.81. The standard InChI is InChI=1S/C15H11NO3/c17-10-4-7-12-5-1-2-9-15(12)13-6-3-8-14(11-13)16(18)19/h1-3,5-6,8-9,11,17H,10H2. The minimum atomic E-state index is -0.425. The fraction of sp³-hybridized carbons (Fsp3) is 0.0667. The number of nitro benzene ring substituents is 1. The van der Waals surface area contributed by atoms with Crippen LogP contribution in [0.5, 0.6) is 0 Å². The van der Waals surface area contributed by atoms with Crippen LogP contribution in [-0.4, -0.2) is 16.6 Å². The summed E-state index contributed by atoms with van der Waals surface area (Å²) in [5.41, 5.74) is 2.32. The first-order chi connectivity index (χ1) is 9.22. The van der Waals surface area contributed by atoms with Gasteiger partial charge in [0.05, 0.1) is 4.92 Å². The van der Waals surface area contributed by atoms with Crippen LogP contribution in [0.4, 0.5) is 5.69 Å². The third-order valence-electron chi connectivity index (χ3n) is 2.60. The molecular formula is C15H11NO3. The van der Waals surface area contributed by atoms with E-state index in [2.05, 4.69) is 11.8 Å². The molecule has 19 heavy (non-hydrogen) atoms. The van der Waals surface area contributed by atoms with Crippen molar-refractivity contribution in [2.45, 2.75) is 0 Å². The zero-order valence-electron chi connectivity index (χ0n) is 10.0. The highest BCUT2D eigenvalue weighted by Gasteiger charge is 2.08. The molecule has 2 rings (SSSR count). The number of non-ortho nitro benzene ring substituents is 1. The lowest BCUT2D eigenvalue weighted by Gasteiger charge is -2.04. The largest absolute Gasteiger partial charge is 0.384 e. The summed E-state index contributed by atoms with van der Waals surface area (Å²) in [5, 5.41) is 19.5. The van der Waals surface area contributed by atoms with Gasteiger partial charge in [-0.1, -0.05) is 42.2 Å². The van der Waals surface area contributed by atoms with Gasteiger partial charge in [0.25, 0.3) is 5.69 Å². The lowest BCUT2D eigenvalue weighted by atomic mass is 9.99. The minimum Gasteiger partial charge on any atom is -0.384 e. The molecule has 94 valence electrons. The quantitative estimate of drug-likeness (QED) is 0.508. The van der Waals surface area contributed by atoms with Crippen LogP contribution in [0.25, 0.3) is 11.1 Å². The van der Waals surface area contributed by atoms with Gasteiger partial charge in [-0.05, 0) is 17.2 Å². The molecule has 0 saturated carbocycles. The summed E-state index contributed by atoms with van der Waals surface area (Å²) >= 11 is 0. The van der Waals surface area contributed by atoms with Crippen LogP contribution in [0.15, 0.2) is 48.5 Å². The molecule has 0 aliphatic heterocycles. The van der Waals surface area contributed by atoms with Crippen molar-refractivity contribution in [1.29, 1.82) is 0 Å². The van der Waals surface area contributed by atoms with Gasteiger partial charge in [-0.15, -0.1) is 0 Å². The van der Waals surface area contributed by atoms with Crippen molar-refractivity contribution >= 4 is 5.69 Å². The topological polar surface area (TPSA) is 63.4 Å². The Kier molecular flexibility index (Phi) is 3.91. The number of aliphatic hydroxyl groups is 1. The monoisotopic (exact) mass is 253 g/mol. The molecule has 0 aliphatic carbocycles. The predicted octanol–water partition coefficient (Wildman–Crippen LogP) is 2.61. The predicted molar refractivity (Wildman–Crippen MR) is 72.5 cm³/mol. The van der Waals surface area contributed by atoms with Crippen LogP contribution in [0, 0.1) is 22.0 Å². The fourth-order valence-corrected chi connectivity index (χ4v) is 1.77. The highest BCUT2D eigenvalue weighted by atomic mass is 16.6. The molecule has 0 bridgehead atoms. The highest BCUT2D eigenvalue weighted by molar-refractivity contribution is 5.72. The van der Waals surface area contributed by atoms with Crippen LogP contribution in [0.3, 0.4) is 0 Å². The van der Waals surface area contributed by atoms with Gasteiger partial charge in [0.1, 0.15) is 6.61 Å². The van der Waals surface area contributed by atoms with Crippen LogP contribution >= 0.6 is 0 Å². The van der Waals surface area contributed by atoms with Crippen molar-refractivity contribution in [3.63, 3.8) is 0 Å². The maximum atomic E-state index is 10.8. The Morgan fingerprint density at radius 1 is 1.16 bits per heavy atom. The maximum absolute atomic E-state index is 10.8. The third-order valence-corrected chi connectivity index (χ3v) is 2.60. The molecule has 0 heterocycles. The van der Waals surface area contributed by atoms with Gasteiger partial charge in [0.15, 0.2) is 0 Å². The molecule has 2 aromatic carbocycles. The first-order valence-corrected chi connectivity index (χ1v) is 5.66. The Labute approximate surface area is 110 Å². The van der Waals surface area contributed by atoms with E-state index in [0.717, 1.165) is 16.7 Å². The molecule has 0 atom stereocenters. The van der Waals surface area contributed by atoms with Crippen molar-refractivity contribution in [1.82, 2.24) is 0 Å². The molecule has 0 amide bonds. The zero-order valence-corrected chi connectivity index (χ0v) is 10.0. The molecular weight excluding hydrogens is 242 g/mol. The molecule has 0 aromatic heterocycles. The lowest BCUT2D eigenvalue weighted by Crippen LogP contribution is -1.89.